The number of hydrogen-bond acceptors (Lipinski definition) is 5. The zero-order valence-corrected chi connectivity index (χ0v) is 11.4. The number of benzene rings is 1. The highest BCUT2D eigenvalue weighted by Gasteiger charge is 2.15. The molecule has 0 aliphatic heterocycles. The van der Waals surface area contributed by atoms with Gasteiger partial charge in [0.15, 0.2) is 12.4 Å². The number of aryl methyl sites for hydroxylation is 2. The van der Waals surface area contributed by atoms with Crippen LogP contribution in [-0.4, -0.2) is 21.2 Å². The maximum absolute atomic E-state index is 11.1. The Labute approximate surface area is 116 Å². The van der Waals surface area contributed by atoms with Crippen LogP contribution in [0.1, 0.15) is 41.0 Å². The molecule has 0 aliphatic carbocycles. The lowest BCUT2D eigenvalue weighted by molar-refractivity contribution is 0.0690. The van der Waals surface area contributed by atoms with Crippen LogP contribution in [-0.2, 0) is 13.0 Å². The summed E-state index contributed by atoms with van der Waals surface area (Å²) in [6.07, 6.45) is 1.68. The highest BCUT2D eigenvalue weighted by Crippen LogP contribution is 2.24. The average Bonchev–Trinajstić information content (AvgIpc) is 2.85. The first-order chi connectivity index (χ1) is 9.61. The molecule has 1 heterocycles. The molecule has 2 rings (SSSR count). The van der Waals surface area contributed by atoms with Crippen molar-refractivity contribution < 1.29 is 19.2 Å². The standard InChI is InChI=1S/C14H16N2O4/c1-3-5-11-15-12(20-16-11)8-19-13-9(2)6-4-7-10(13)14(17)18/h4,6-7H,3,5,8H2,1-2H3,(H,17,18). The van der Waals surface area contributed by atoms with Crippen LogP contribution in [0.15, 0.2) is 22.7 Å². The van der Waals surface area contributed by atoms with Crippen LogP contribution in [0.2, 0.25) is 0 Å². The van der Waals surface area contributed by atoms with Crippen LogP contribution in [0.3, 0.4) is 0 Å². The van der Waals surface area contributed by atoms with E-state index in [1.54, 1.807) is 19.1 Å². The van der Waals surface area contributed by atoms with Crippen molar-refractivity contribution in [2.75, 3.05) is 0 Å². The first-order valence-electron chi connectivity index (χ1n) is 6.39. The number of rotatable bonds is 6. The molecule has 0 atom stereocenters. The van der Waals surface area contributed by atoms with Crippen LogP contribution in [0.4, 0.5) is 0 Å². The lowest BCUT2D eigenvalue weighted by atomic mass is 10.1. The van der Waals surface area contributed by atoms with Crippen molar-refractivity contribution in [3.05, 3.63) is 41.0 Å². The van der Waals surface area contributed by atoms with Gasteiger partial charge in [0.25, 0.3) is 5.89 Å². The van der Waals surface area contributed by atoms with Crippen LogP contribution in [0.5, 0.6) is 5.75 Å². The molecular formula is C14H16N2O4. The Morgan fingerprint density at radius 1 is 1.45 bits per heavy atom. The minimum absolute atomic E-state index is 0.0574. The summed E-state index contributed by atoms with van der Waals surface area (Å²) in [4.78, 5) is 15.3. The number of aromatic nitrogens is 2. The fourth-order valence-corrected chi connectivity index (χ4v) is 1.82. The summed E-state index contributed by atoms with van der Waals surface area (Å²) in [5.41, 5.74) is 0.872. The number of carbonyl (C=O) groups is 1. The fourth-order valence-electron chi connectivity index (χ4n) is 1.82. The van der Waals surface area contributed by atoms with Gasteiger partial charge in [-0.3, -0.25) is 0 Å². The molecule has 0 saturated heterocycles. The zero-order chi connectivity index (χ0) is 14.5. The number of carboxylic acid groups (broad SMARTS) is 1. The molecule has 0 spiro atoms. The normalized spacial score (nSPS) is 10.5. The van der Waals surface area contributed by atoms with Gasteiger partial charge in [-0.15, -0.1) is 0 Å². The summed E-state index contributed by atoms with van der Waals surface area (Å²) in [7, 11) is 0. The Balaban J connectivity index is 2.12. The number of carboxylic acids is 1. The van der Waals surface area contributed by atoms with E-state index in [0.29, 0.717) is 17.5 Å². The zero-order valence-electron chi connectivity index (χ0n) is 11.4. The van der Waals surface area contributed by atoms with Crippen LogP contribution < -0.4 is 4.74 Å². The number of ether oxygens (including phenoxy) is 1. The molecule has 1 aromatic carbocycles. The van der Waals surface area contributed by atoms with Crippen LogP contribution in [0, 0.1) is 6.92 Å². The molecule has 20 heavy (non-hydrogen) atoms. The second kappa shape index (κ2) is 6.18. The third-order valence-corrected chi connectivity index (χ3v) is 2.77. The van der Waals surface area contributed by atoms with Crippen molar-refractivity contribution >= 4 is 5.97 Å². The van der Waals surface area contributed by atoms with E-state index < -0.39 is 5.97 Å². The molecular weight excluding hydrogens is 260 g/mol. The largest absolute Gasteiger partial charge is 0.483 e. The maximum Gasteiger partial charge on any atom is 0.339 e. The summed E-state index contributed by atoms with van der Waals surface area (Å²) in [5.74, 6) is 0.276. The van der Waals surface area contributed by atoms with E-state index >= 15 is 0 Å². The van der Waals surface area contributed by atoms with Crippen LogP contribution >= 0.6 is 0 Å². The van der Waals surface area contributed by atoms with Gasteiger partial charge in [-0.25, -0.2) is 4.79 Å². The van der Waals surface area contributed by atoms with Crippen molar-refractivity contribution in [2.45, 2.75) is 33.3 Å². The van der Waals surface area contributed by atoms with Gasteiger partial charge in [-0.1, -0.05) is 24.2 Å². The summed E-state index contributed by atoms with van der Waals surface area (Å²) >= 11 is 0. The molecule has 2 aromatic rings. The number of para-hydroxylation sites is 1. The summed E-state index contributed by atoms with van der Waals surface area (Å²) in [6, 6.07) is 4.97. The van der Waals surface area contributed by atoms with E-state index in [1.165, 1.54) is 6.07 Å². The summed E-state index contributed by atoms with van der Waals surface area (Å²) < 4.78 is 10.6. The molecule has 0 unspecified atom stereocenters. The topological polar surface area (TPSA) is 85.5 Å². The molecule has 1 N–H and O–H groups in total. The Hall–Kier alpha value is -2.37. The van der Waals surface area contributed by atoms with Gasteiger partial charge in [0.05, 0.1) is 0 Å². The Bertz CT molecular complexity index is 607. The first kappa shape index (κ1) is 14.0. The molecule has 1 aromatic heterocycles. The minimum Gasteiger partial charge on any atom is -0.483 e. The Kier molecular flexibility index (Phi) is 4.34. The quantitative estimate of drug-likeness (QED) is 0.872. The van der Waals surface area contributed by atoms with Crippen LogP contribution in [0.25, 0.3) is 0 Å². The van der Waals surface area contributed by atoms with E-state index in [2.05, 4.69) is 10.1 Å². The SMILES string of the molecule is CCCc1noc(COc2c(C)cccc2C(=O)O)n1. The third-order valence-electron chi connectivity index (χ3n) is 2.77. The number of hydrogen-bond donors (Lipinski definition) is 1. The van der Waals surface area contributed by atoms with Crippen molar-refractivity contribution in [1.29, 1.82) is 0 Å². The second-order valence-corrected chi connectivity index (χ2v) is 4.40. The van der Waals surface area contributed by atoms with Crippen molar-refractivity contribution in [3.8, 4) is 5.75 Å². The monoisotopic (exact) mass is 276 g/mol. The minimum atomic E-state index is -1.03. The van der Waals surface area contributed by atoms with Crippen molar-refractivity contribution in [1.82, 2.24) is 10.1 Å². The van der Waals surface area contributed by atoms with Gasteiger partial charge in [0, 0.05) is 6.42 Å². The molecule has 6 heteroatoms. The predicted molar refractivity (Wildman–Crippen MR) is 70.8 cm³/mol. The number of aromatic carboxylic acids is 1. The Morgan fingerprint density at radius 2 is 2.25 bits per heavy atom. The van der Waals surface area contributed by atoms with Crippen molar-refractivity contribution in [2.24, 2.45) is 0 Å². The molecule has 0 aliphatic rings. The molecule has 0 bridgehead atoms. The van der Waals surface area contributed by atoms with Gasteiger partial charge < -0.3 is 14.4 Å². The smallest absolute Gasteiger partial charge is 0.339 e. The molecule has 106 valence electrons. The highest BCUT2D eigenvalue weighted by molar-refractivity contribution is 5.91. The molecule has 6 nitrogen and oxygen atoms in total. The lowest BCUT2D eigenvalue weighted by Crippen LogP contribution is -2.05. The maximum atomic E-state index is 11.1. The van der Waals surface area contributed by atoms with E-state index in [1.807, 2.05) is 6.92 Å². The third kappa shape index (κ3) is 3.14. The second-order valence-electron chi connectivity index (χ2n) is 4.40. The summed E-state index contributed by atoms with van der Waals surface area (Å²) in [5, 5.41) is 12.9. The van der Waals surface area contributed by atoms with Crippen molar-refractivity contribution in [3.63, 3.8) is 0 Å². The van der Waals surface area contributed by atoms with E-state index in [0.717, 1.165) is 18.4 Å². The summed E-state index contributed by atoms with van der Waals surface area (Å²) in [6.45, 7) is 3.87. The van der Waals surface area contributed by atoms with E-state index in [-0.39, 0.29) is 12.2 Å². The predicted octanol–water partition coefficient (Wildman–Crippen LogP) is 2.61. The first-order valence-corrected chi connectivity index (χ1v) is 6.39. The van der Waals surface area contributed by atoms with Gasteiger partial charge >= 0.3 is 5.97 Å². The van der Waals surface area contributed by atoms with E-state index in [4.69, 9.17) is 14.4 Å². The molecule has 0 amide bonds. The van der Waals surface area contributed by atoms with Gasteiger partial charge in [0.2, 0.25) is 0 Å². The van der Waals surface area contributed by atoms with Gasteiger partial charge in [0.1, 0.15) is 11.3 Å². The average molecular weight is 276 g/mol. The van der Waals surface area contributed by atoms with Gasteiger partial charge in [-0.05, 0) is 25.0 Å². The molecule has 0 fully saturated rings. The Morgan fingerprint density at radius 3 is 2.95 bits per heavy atom. The number of nitrogens with zero attached hydrogens (tertiary/aromatic N) is 2. The van der Waals surface area contributed by atoms with Gasteiger partial charge in [-0.2, -0.15) is 4.98 Å². The lowest BCUT2D eigenvalue weighted by Gasteiger charge is -2.09. The van der Waals surface area contributed by atoms with E-state index in [9.17, 15) is 4.79 Å². The highest BCUT2D eigenvalue weighted by atomic mass is 16.5. The fraction of sp³-hybridized carbons (Fsp3) is 0.357. The molecule has 0 radical (unpaired) electrons. The molecule has 0 saturated carbocycles.